The molecular formula is C5H7N3O+. The Kier molecular flexibility index (Phi) is 0.913. The Balaban J connectivity index is 2.24. The zero-order valence-corrected chi connectivity index (χ0v) is 4.95. The zero-order valence-electron chi connectivity index (χ0n) is 4.95. The van der Waals surface area contributed by atoms with E-state index in [0.717, 1.165) is 19.6 Å². The van der Waals surface area contributed by atoms with Gasteiger partial charge >= 0.3 is 6.02 Å². The summed E-state index contributed by atoms with van der Waals surface area (Å²) >= 11 is 0. The van der Waals surface area contributed by atoms with Gasteiger partial charge < -0.3 is 4.74 Å². The average molecular weight is 125 g/mol. The predicted octanol–water partition coefficient (Wildman–Crippen LogP) is -0.664. The van der Waals surface area contributed by atoms with Crippen molar-refractivity contribution in [3.05, 3.63) is 0 Å². The van der Waals surface area contributed by atoms with Gasteiger partial charge in [0.1, 0.15) is 6.54 Å². The van der Waals surface area contributed by atoms with Crippen LogP contribution in [0.4, 0.5) is 0 Å². The third-order valence-corrected chi connectivity index (χ3v) is 1.33. The Morgan fingerprint density at radius 2 is 2.67 bits per heavy atom. The van der Waals surface area contributed by atoms with Crippen molar-refractivity contribution < 1.29 is 9.42 Å². The lowest BCUT2D eigenvalue weighted by molar-refractivity contribution is -0.584. The minimum absolute atomic E-state index is 0.654. The Hall–Kier alpha value is -1.06. The van der Waals surface area contributed by atoms with Crippen LogP contribution < -0.4 is 5.43 Å². The molecule has 0 fully saturated rings. The van der Waals surface area contributed by atoms with Crippen molar-refractivity contribution in [2.75, 3.05) is 13.2 Å². The molecule has 0 amide bonds. The first-order valence-electron chi connectivity index (χ1n) is 2.97. The van der Waals surface area contributed by atoms with E-state index in [1.165, 1.54) is 6.34 Å². The molecular weight excluding hydrogens is 118 g/mol. The third kappa shape index (κ3) is 0.667. The van der Waals surface area contributed by atoms with Crippen molar-refractivity contribution in [2.45, 2.75) is 6.42 Å². The number of amidine groups is 1. The Bertz CT molecular complexity index is 185. The number of hydrogen-bond donors (Lipinski definition) is 0. The maximum Gasteiger partial charge on any atom is 0.521 e. The normalized spacial score (nSPS) is 23.1. The molecule has 0 saturated heterocycles. The average Bonchev–Trinajstić information content (AvgIpc) is 2.33. The Labute approximate surface area is 52.8 Å². The molecule has 0 atom stereocenters. The second kappa shape index (κ2) is 1.72. The van der Waals surface area contributed by atoms with Crippen LogP contribution in [0.3, 0.4) is 0 Å². The van der Waals surface area contributed by atoms with Crippen molar-refractivity contribution in [1.29, 1.82) is 0 Å². The molecule has 2 rings (SSSR count). The predicted molar refractivity (Wildman–Crippen MR) is 31.3 cm³/mol. The summed E-state index contributed by atoms with van der Waals surface area (Å²) in [6.45, 7) is 1.72. The van der Waals surface area contributed by atoms with E-state index in [2.05, 4.69) is 10.4 Å². The smallest absolute Gasteiger partial charge is 0.427 e. The third-order valence-electron chi connectivity index (χ3n) is 1.33. The fourth-order valence-electron chi connectivity index (χ4n) is 0.897. The topological polar surface area (TPSA) is 38.7 Å². The van der Waals surface area contributed by atoms with Crippen LogP contribution in [-0.4, -0.2) is 30.2 Å². The standard InChI is InChI=1S/C5H7N3O/c1-2-8-5(9-3-1)6-4-7-8/h4H,1-3H2/q+1. The summed E-state index contributed by atoms with van der Waals surface area (Å²) in [4.78, 5) is 3.89. The number of rotatable bonds is 0. The SMILES string of the molecule is C1=NC2=[N+](CCCO2)[N]1. The van der Waals surface area contributed by atoms with Gasteiger partial charge in [-0.05, 0) is 5.43 Å². The van der Waals surface area contributed by atoms with Crippen LogP contribution in [0.15, 0.2) is 4.99 Å². The molecule has 0 N–H and O–H groups in total. The van der Waals surface area contributed by atoms with Crippen molar-refractivity contribution in [3.63, 3.8) is 0 Å². The minimum Gasteiger partial charge on any atom is -0.427 e. The van der Waals surface area contributed by atoms with Gasteiger partial charge in [0.15, 0.2) is 0 Å². The largest absolute Gasteiger partial charge is 0.521 e. The molecule has 0 unspecified atom stereocenters. The summed E-state index contributed by atoms with van der Waals surface area (Å²) in [6.07, 6.45) is 2.55. The maximum absolute atomic E-state index is 5.15. The fourth-order valence-corrected chi connectivity index (χ4v) is 0.897. The summed E-state index contributed by atoms with van der Waals surface area (Å²) in [5.41, 5.74) is 3.94. The minimum atomic E-state index is 0.654. The molecule has 2 heterocycles. The van der Waals surface area contributed by atoms with Crippen molar-refractivity contribution in [1.82, 2.24) is 5.43 Å². The molecule has 0 saturated carbocycles. The van der Waals surface area contributed by atoms with E-state index in [1.54, 1.807) is 4.68 Å². The number of hydrogen-bond acceptors (Lipinski definition) is 2. The van der Waals surface area contributed by atoms with Crippen LogP contribution in [0, 0.1) is 0 Å². The van der Waals surface area contributed by atoms with Gasteiger partial charge in [0.05, 0.1) is 6.61 Å². The van der Waals surface area contributed by atoms with Crippen LogP contribution in [0.25, 0.3) is 0 Å². The van der Waals surface area contributed by atoms with Crippen molar-refractivity contribution in [2.24, 2.45) is 4.99 Å². The molecule has 4 nitrogen and oxygen atoms in total. The first kappa shape index (κ1) is 4.78. The van der Waals surface area contributed by atoms with Crippen LogP contribution in [0.5, 0.6) is 0 Å². The van der Waals surface area contributed by atoms with E-state index in [0.29, 0.717) is 6.02 Å². The first-order valence-corrected chi connectivity index (χ1v) is 2.97. The molecule has 0 aromatic heterocycles. The summed E-state index contributed by atoms with van der Waals surface area (Å²) in [5, 5.41) is 0. The highest BCUT2D eigenvalue weighted by Gasteiger charge is 2.26. The van der Waals surface area contributed by atoms with E-state index >= 15 is 0 Å². The van der Waals surface area contributed by atoms with Crippen molar-refractivity contribution >= 4 is 12.4 Å². The Morgan fingerprint density at radius 1 is 1.67 bits per heavy atom. The molecule has 0 aliphatic carbocycles. The molecule has 2 aliphatic heterocycles. The highest BCUT2D eigenvalue weighted by Crippen LogP contribution is 1.99. The van der Waals surface area contributed by atoms with Crippen molar-refractivity contribution in [3.8, 4) is 0 Å². The molecule has 4 heteroatoms. The molecule has 0 aromatic carbocycles. The highest BCUT2D eigenvalue weighted by molar-refractivity contribution is 5.81. The van der Waals surface area contributed by atoms with Crippen LogP contribution in [0.2, 0.25) is 0 Å². The number of ether oxygens (including phenoxy) is 1. The molecule has 1 radical (unpaired) electrons. The lowest BCUT2D eigenvalue weighted by Crippen LogP contribution is -2.29. The van der Waals surface area contributed by atoms with Gasteiger partial charge in [-0.2, -0.15) is 0 Å². The Morgan fingerprint density at radius 3 is 3.56 bits per heavy atom. The van der Waals surface area contributed by atoms with Gasteiger partial charge in [-0.25, -0.2) is 0 Å². The second-order valence-electron chi connectivity index (χ2n) is 1.97. The first-order chi connectivity index (χ1) is 4.47. The lowest BCUT2D eigenvalue weighted by atomic mass is 10.4. The fraction of sp³-hybridized carbons (Fsp3) is 0.600. The van der Waals surface area contributed by atoms with Gasteiger partial charge in [-0.1, -0.05) is 4.68 Å². The highest BCUT2D eigenvalue weighted by atomic mass is 16.5. The summed E-state index contributed by atoms with van der Waals surface area (Å²) in [7, 11) is 0. The van der Waals surface area contributed by atoms with E-state index in [4.69, 9.17) is 4.74 Å². The summed E-state index contributed by atoms with van der Waals surface area (Å²) < 4.78 is 6.92. The number of nitrogens with zero attached hydrogens (tertiary/aromatic N) is 3. The molecule has 9 heavy (non-hydrogen) atoms. The van der Waals surface area contributed by atoms with Crippen LogP contribution in [-0.2, 0) is 4.74 Å². The summed E-state index contributed by atoms with van der Waals surface area (Å²) in [6, 6.07) is 0.654. The van der Waals surface area contributed by atoms with Gasteiger partial charge in [-0.15, -0.1) is 0 Å². The van der Waals surface area contributed by atoms with Gasteiger partial charge in [0, 0.05) is 11.4 Å². The number of aliphatic imine (C=N–C) groups is 1. The summed E-state index contributed by atoms with van der Waals surface area (Å²) in [5.74, 6) is 0. The molecule has 0 bridgehead atoms. The van der Waals surface area contributed by atoms with E-state index in [1.807, 2.05) is 0 Å². The van der Waals surface area contributed by atoms with Gasteiger partial charge in [-0.3, -0.25) is 0 Å². The molecule has 2 aliphatic rings. The van der Waals surface area contributed by atoms with Gasteiger partial charge in [0.2, 0.25) is 0 Å². The van der Waals surface area contributed by atoms with E-state index < -0.39 is 0 Å². The quantitative estimate of drug-likeness (QED) is 0.396. The lowest BCUT2D eigenvalue weighted by Gasteiger charge is -2.05. The van der Waals surface area contributed by atoms with Gasteiger partial charge in [0.25, 0.3) is 6.34 Å². The van der Waals surface area contributed by atoms with E-state index in [9.17, 15) is 0 Å². The zero-order chi connectivity index (χ0) is 6.10. The maximum atomic E-state index is 5.15. The molecule has 0 aromatic rings. The van der Waals surface area contributed by atoms with Crippen LogP contribution >= 0.6 is 0 Å². The monoisotopic (exact) mass is 125 g/mol. The second-order valence-corrected chi connectivity index (χ2v) is 1.97. The molecule has 47 valence electrons. The van der Waals surface area contributed by atoms with E-state index in [-0.39, 0.29) is 0 Å². The van der Waals surface area contributed by atoms with Crippen LogP contribution in [0.1, 0.15) is 6.42 Å². The molecule has 0 spiro atoms.